The number of aryl methyl sites for hydroxylation is 2. The zero-order valence-corrected chi connectivity index (χ0v) is 57.7. The van der Waals surface area contributed by atoms with Crippen LogP contribution in [0.25, 0.3) is 54.7 Å². The number of rotatable bonds is 21. The van der Waals surface area contributed by atoms with E-state index in [4.69, 9.17) is 41.1 Å². The number of nitrogen functional groups attached to an aromatic ring is 1. The molecule has 6 aromatic heterocycles. The van der Waals surface area contributed by atoms with Gasteiger partial charge in [0.1, 0.15) is 36.8 Å². The number of nitrogens with one attached hydrogen (secondary N) is 2. The summed E-state index contributed by atoms with van der Waals surface area (Å²) in [6.07, 6.45) is 3.06. The minimum atomic E-state index is -1.54. The average Bonchev–Trinajstić information content (AvgIpc) is 0.749. The van der Waals surface area contributed by atoms with Crippen LogP contribution in [0.2, 0.25) is 5.02 Å². The molecule has 100 heavy (non-hydrogen) atoms. The first-order valence-corrected chi connectivity index (χ1v) is 35.3. The number of aromatic nitrogens is 3. The number of amides is 1. The summed E-state index contributed by atoms with van der Waals surface area (Å²) in [7, 11) is -1.54. The van der Waals surface area contributed by atoms with Gasteiger partial charge in [-0.3, -0.25) is 23.4 Å². The number of hydrogen-bond donors (Lipinski definition) is 5. The number of carbonyl (C=O) groups is 1. The largest absolute Gasteiger partial charge is 0.505 e. The third-order valence-electron chi connectivity index (χ3n) is 16.1. The molecule has 0 aliphatic heterocycles. The van der Waals surface area contributed by atoms with Crippen molar-refractivity contribution in [2.75, 3.05) is 44.8 Å². The number of nitrogens with two attached hydrogens (primary N) is 2. The Bertz CT molecular complexity index is 5590. The summed E-state index contributed by atoms with van der Waals surface area (Å²) in [5, 5.41) is 19.4. The van der Waals surface area contributed by atoms with Gasteiger partial charge in [0, 0.05) is 56.2 Å². The number of para-hydroxylation sites is 1. The van der Waals surface area contributed by atoms with Crippen molar-refractivity contribution in [2.24, 2.45) is 5.73 Å². The lowest BCUT2D eigenvalue weighted by molar-refractivity contribution is -0.123. The second kappa shape index (κ2) is 32.4. The van der Waals surface area contributed by atoms with E-state index in [-0.39, 0.29) is 83.5 Å². The Kier molecular flexibility index (Phi) is 23.0. The maximum atomic E-state index is 14.1. The molecule has 1 unspecified atom stereocenters. The summed E-state index contributed by atoms with van der Waals surface area (Å²) in [6.45, 7) is 7.28. The SMILES string of the molecule is CS(=O)c1cc2c(=O)n(Cc3ccccc3)c3ccccc3c2oc1=O.Cc1cc2oc(=O)c(Sc3ccccc3)c(N)c2c(=O)n1Cc1ccccc1.Cc1ccc(Cn2c(=O)c3c(O)c(Sc4cccc(Cl)c4)c(=O)oc3c3ccc(OCC(=O)NCCCNCCCN)cc32)cc1. The highest BCUT2D eigenvalue weighted by molar-refractivity contribution is 7.99. The fraction of sp³-hybridized carbons (Fsp3) is 0.171. The predicted molar refractivity (Wildman–Crippen MR) is 396 cm³/mol. The van der Waals surface area contributed by atoms with E-state index in [9.17, 15) is 42.9 Å². The number of nitrogens with zero attached hydrogens (tertiary/aromatic N) is 3. The van der Waals surface area contributed by atoms with Crippen molar-refractivity contribution >= 4 is 112 Å². The molecule has 0 bridgehead atoms. The number of aromatic hydroxyl groups is 1. The summed E-state index contributed by atoms with van der Waals surface area (Å²) in [6, 6.07) is 58.6. The zero-order valence-electron chi connectivity index (χ0n) is 54.5. The molecule has 6 heterocycles. The Labute approximate surface area is 587 Å². The smallest absolute Gasteiger partial charge is 0.354 e. The maximum absolute atomic E-state index is 14.1. The molecule has 13 rings (SSSR count). The van der Waals surface area contributed by atoms with Crippen LogP contribution in [0.5, 0.6) is 11.5 Å². The first kappa shape index (κ1) is 70.8. The molecule has 0 spiro atoms. The number of benzene rings is 7. The Morgan fingerprint density at radius 2 is 1.15 bits per heavy atom. The lowest BCUT2D eigenvalue weighted by atomic mass is 10.1. The van der Waals surface area contributed by atoms with Gasteiger partial charge in [0.05, 0.1) is 52.5 Å². The fourth-order valence-electron chi connectivity index (χ4n) is 11.1. The van der Waals surface area contributed by atoms with E-state index in [1.807, 2.05) is 153 Å². The van der Waals surface area contributed by atoms with Crippen LogP contribution in [0.15, 0.2) is 261 Å². The number of carbonyl (C=O) groups excluding carboxylic acids is 1. The predicted octanol–water partition coefficient (Wildman–Crippen LogP) is 11.7. The molecule has 1 atom stereocenters. The van der Waals surface area contributed by atoms with E-state index >= 15 is 0 Å². The van der Waals surface area contributed by atoms with Crippen LogP contribution >= 0.6 is 35.1 Å². The molecule has 0 radical (unpaired) electrons. The summed E-state index contributed by atoms with van der Waals surface area (Å²) < 4.78 is 38.9. The van der Waals surface area contributed by atoms with E-state index < -0.39 is 39.0 Å². The number of hydrogen-bond acceptors (Lipinski definition) is 18. The number of anilines is 1. The molecule has 0 aliphatic rings. The number of pyridine rings is 3. The highest BCUT2D eigenvalue weighted by Gasteiger charge is 2.25. The molecule has 7 N–H and O–H groups in total. The average molecular weight is 1420 g/mol. The van der Waals surface area contributed by atoms with Gasteiger partial charge in [-0.2, -0.15) is 0 Å². The van der Waals surface area contributed by atoms with Gasteiger partial charge < -0.3 is 58.9 Å². The summed E-state index contributed by atoms with van der Waals surface area (Å²) in [4.78, 5) is 92.2. The standard InChI is InChI=1S/C34H35ClN4O6S.C22H18N2O3S.C20H15NO4S/c1-21-7-9-22(10-8-21)19-39-27-18-24(44-20-28(40)38-16-4-15-37-14-3-13-36)11-12-26(27)31-29(33(39)42)30(41)32(34(43)45-31)46-25-6-2-5-23(35)17-25;1-14-12-17-18(21(25)24(14)13-15-8-4-2-5-9-15)19(23)20(22(26)27-17)28-16-10-6-3-7-11-16;1-26(24)17-11-15-18(25-20(17)23)14-9-5-6-10-16(14)21(19(15)22)12-13-7-3-2-4-8-13/h2,5-12,17-18,37,41H,3-4,13-16,19-20,36H2,1H3,(H,38,40);2-12H,13,23H2,1H3;2-11H,12H2,1H3. The first-order valence-electron chi connectivity index (χ1n) is 31.7. The summed E-state index contributed by atoms with van der Waals surface area (Å²) in [5.74, 6) is -0.396. The second-order valence-corrected chi connectivity index (χ2v) is 27.2. The van der Waals surface area contributed by atoms with Crippen LogP contribution in [-0.4, -0.2) is 68.0 Å². The lowest BCUT2D eigenvalue weighted by Crippen LogP contribution is -2.31. The fourth-order valence-corrected chi connectivity index (χ4v) is 13.7. The van der Waals surface area contributed by atoms with Crippen molar-refractivity contribution in [2.45, 2.75) is 70.8 Å². The van der Waals surface area contributed by atoms with Gasteiger partial charge in [0.2, 0.25) is 0 Å². The molecule has 7 aromatic carbocycles. The number of halogens is 1. The summed E-state index contributed by atoms with van der Waals surface area (Å²) in [5.41, 5.74) is 14.9. The minimum Gasteiger partial charge on any atom is -0.505 e. The quantitative estimate of drug-likeness (QED) is 0.0330. The highest BCUT2D eigenvalue weighted by Crippen LogP contribution is 2.39. The molecular weight excluding hydrogens is 1350 g/mol. The molecular formula is C76H68ClN7O13S3. The van der Waals surface area contributed by atoms with Crippen LogP contribution < -0.4 is 60.4 Å². The van der Waals surface area contributed by atoms with Gasteiger partial charge in [0.25, 0.3) is 22.6 Å². The van der Waals surface area contributed by atoms with Crippen LogP contribution in [0.3, 0.4) is 0 Å². The van der Waals surface area contributed by atoms with E-state index in [0.29, 0.717) is 69.3 Å². The monoisotopic (exact) mass is 1420 g/mol. The third-order valence-corrected chi connectivity index (χ3v) is 19.4. The molecule has 20 nitrogen and oxygen atoms in total. The van der Waals surface area contributed by atoms with Gasteiger partial charge in [-0.25, -0.2) is 14.4 Å². The van der Waals surface area contributed by atoms with Gasteiger partial charge in [-0.1, -0.05) is 162 Å². The Hall–Kier alpha value is -10.5. The van der Waals surface area contributed by atoms with E-state index in [0.717, 1.165) is 64.8 Å². The molecule has 0 fully saturated rings. The molecule has 0 saturated heterocycles. The highest BCUT2D eigenvalue weighted by atomic mass is 35.5. The topological polar surface area (TPSA) is 296 Å². The molecule has 510 valence electrons. The summed E-state index contributed by atoms with van der Waals surface area (Å²) >= 11 is 8.28. The van der Waals surface area contributed by atoms with Gasteiger partial charge in [-0.15, -0.1) is 0 Å². The minimum absolute atomic E-state index is 0.00357. The number of fused-ring (bicyclic) bond motifs is 7. The van der Waals surface area contributed by atoms with E-state index in [1.165, 1.54) is 28.7 Å². The molecule has 24 heteroatoms. The van der Waals surface area contributed by atoms with Crippen LogP contribution in [-0.2, 0) is 35.2 Å². The van der Waals surface area contributed by atoms with Crippen molar-refractivity contribution in [3.8, 4) is 11.5 Å². The first-order chi connectivity index (χ1) is 48.3. The van der Waals surface area contributed by atoms with Gasteiger partial charge >= 0.3 is 16.9 Å². The molecule has 0 saturated carbocycles. The van der Waals surface area contributed by atoms with Crippen molar-refractivity contribution in [3.63, 3.8) is 0 Å². The van der Waals surface area contributed by atoms with Crippen LogP contribution in [0.4, 0.5) is 5.69 Å². The van der Waals surface area contributed by atoms with Crippen molar-refractivity contribution < 1.29 is 32.1 Å². The van der Waals surface area contributed by atoms with Gasteiger partial charge in [-0.05, 0) is 124 Å². The van der Waals surface area contributed by atoms with Gasteiger partial charge in [0.15, 0.2) is 23.5 Å². The maximum Gasteiger partial charge on any atom is 0.354 e. The van der Waals surface area contributed by atoms with E-state index in [2.05, 4.69) is 10.6 Å². The third kappa shape index (κ3) is 16.4. The van der Waals surface area contributed by atoms with Crippen molar-refractivity contribution in [1.29, 1.82) is 0 Å². The number of ether oxygens (including phenoxy) is 1. The van der Waals surface area contributed by atoms with Crippen molar-refractivity contribution in [1.82, 2.24) is 24.3 Å². The molecule has 13 aromatic rings. The molecule has 0 aliphatic carbocycles. The molecule has 1 amide bonds. The Morgan fingerprint density at radius 1 is 0.570 bits per heavy atom. The van der Waals surface area contributed by atoms with Crippen LogP contribution in [0.1, 0.15) is 40.8 Å². The normalized spacial score (nSPS) is 11.5. The second-order valence-electron chi connectivity index (χ2n) is 23.2. The Morgan fingerprint density at radius 3 is 1.83 bits per heavy atom. The Balaban J connectivity index is 0.000000160. The lowest BCUT2D eigenvalue weighted by Gasteiger charge is -2.16. The van der Waals surface area contributed by atoms with Crippen molar-refractivity contribution in [3.05, 3.63) is 289 Å². The van der Waals surface area contributed by atoms with E-state index in [1.54, 1.807) is 57.7 Å². The zero-order chi connectivity index (χ0) is 70.6. The van der Waals surface area contributed by atoms with Crippen LogP contribution in [0, 0.1) is 13.8 Å².